The Morgan fingerprint density at radius 3 is 2.53 bits per heavy atom. The van der Waals surface area contributed by atoms with Crippen LogP contribution in [0.1, 0.15) is 54.3 Å². The average Bonchev–Trinajstić information content (AvgIpc) is 3.30. The van der Waals surface area contributed by atoms with Crippen molar-refractivity contribution >= 4 is 56.6 Å². The van der Waals surface area contributed by atoms with Crippen molar-refractivity contribution in [3.63, 3.8) is 0 Å². The first-order chi connectivity index (χ1) is 18.2. The van der Waals surface area contributed by atoms with E-state index in [4.69, 9.17) is 28.2 Å². The molecule has 5 nitrogen and oxygen atoms in total. The summed E-state index contributed by atoms with van der Waals surface area (Å²) in [7, 11) is 0. The van der Waals surface area contributed by atoms with Crippen LogP contribution in [-0.4, -0.2) is 33.4 Å². The Morgan fingerprint density at radius 1 is 1.05 bits per heavy atom. The predicted octanol–water partition coefficient (Wildman–Crippen LogP) is 7.77. The fourth-order valence-electron chi connectivity index (χ4n) is 5.63. The van der Waals surface area contributed by atoms with Gasteiger partial charge in [0.25, 0.3) is 0 Å². The molecule has 0 unspecified atom stereocenters. The second-order valence-electron chi connectivity index (χ2n) is 10.2. The molecule has 1 N–H and O–H groups in total. The van der Waals surface area contributed by atoms with Crippen molar-refractivity contribution in [2.75, 3.05) is 6.54 Å². The standard InChI is InChI=1S/C30H28Cl2N2O3S/c1-30(18-27(35)36)17-23(20-6-4-7-22(32)16-20)28(19-11-13-21(31)14-12-19)34(29(30)37)15-5-10-26-33-24-8-2-3-9-25(24)38-26/h2-4,6-9,11-14,16,23,28H,5,10,15,17-18H2,1H3,(H,35,36)/t23-,28-,30+/m1/s1. The van der Waals surface area contributed by atoms with Crippen LogP contribution in [0.25, 0.3) is 10.2 Å². The molecule has 1 aliphatic rings. The molecular weight excluding hydrogens is 539 g/mol. The number of benzene rings is 3. The Bertz CT molecular complexity index is 1440. The number of carboxylic acid groups (broad SMARTS) is 1. The fraction of sp³-hybridized carbons (Fsp3) is 0.300. The molecule has 0 radical (unpaired) electrons. The van der Waals surface area contributed by atoms with Crippen molar-refractivity contribution < 1.29 is 14.7 Å². The Kier molecular flexibility index (Phi) is 7.75. The average molecular weight is 568 g/mol. The number of aromatic nitrogens is 1. The molecule has 1 saturated heterocycles. The number of likely N-dealkylation sites (tertiary alicyclic amines) is 1. The quantitative estimate of drug-likeness (QED) is 0.236. The van der Waals surface area contributed by atoms with Crippen molar-refractivity contribution in [3.8, 4) is 0 Å². The van der Waals surface area contributed by atoms with Gasteiger partial charge in [-0.15, -0.1) is 11.3 Å². The molecule has 3 atom stereocenters. The number of carbonyl (C=O) groups excluding carboxylic acids is 1. The number of hydrogen-bond acceptors (Lipinski definition) is 4. The van der Waals surface area contributed by atoms with Crippen LogP contribution in [0, 0.1) is 5.41 Å². The largest absolute Gasteiger partial charge is 0.481 e. The number of halogens is 2. The van der Waals surface area contributed by atoms with E-state index in [1.807, 2.05) is 71.6 Å². The van der Waals surface area contributed by atoms with E-state index >= 15 is 0 Å². The van der Waals surface area contributed by atoms with Gasteiger partial charge < -0.3 is 10.0 Å². The Morgan fingerprint density at radius 2 is 1.82 bits per heavy atom. The highest BCUT2D eigenvalue weighted by atomic mass is 35.5. The van der Waals surface area contributed by atoms with Crippen molar-refractivity contribution in [1.29, 1.82) is 0 Å². The lowest BCUT2D eigenvalue weighted by molar-refractivity contribution is -0.157. The number of rotatable bonds is 8. The summed E-state index contributed by atoms with van der Waals surface area (Å²) in [6.45, 7) is 2.26. The fourth-order valence-corrected chi connectivity index (χ4v) is 6.97. The molecule has 38 heavy (non-hydrogen) atoms. The van der Waals surface area contributed by atoms with Crippen LogP contribution in [0.3, 0.4) is 0 Å². The molecule has 1 amide bonds. The Hall–Kier alpha value is -2.93. The molecule has 5 rings (SSSR count). The molecule has 2 heterocycles. The Labute approximate surface area is 236 Å². The summed E-state index contributed by atoms with van der Waals surface area (Å²) in [4.78, 5) is 32.6. The van der Waals surface area contributed by atoms with Crippen molar-refractivity contribution in [2.24, 2.45) is 5.41 Å². The summed E-state index contributed by atoms with van der Waals surface area (Å²) < 4.78 is 1.14. The number of hydrogen-bond donors (Lipinski definition) is 1. The number of carboxylic acids is 1. The van der Waals surface area contributed by atoms with Crippen LogP contribution in [0.5, 0.6) is 0 Å². The van der Waals surface area contributed by atoms with Gasteiger partial charge in [0.05, 0.1) is 33.1 Å². The smallest absolute Gasteiger partial charge is 0.304 e. The zero-order valence-electron chi connectivity index (χ0n) is 20.9. The van der Waals surface area contributed by atoms with Gasteiger partial charge in [0.2, 0.25) is 5.91 Å². The molecule has 8 heteroatoms. The third-order valence-electron chi connectivity index (χ3n) is 7.32. The second-order valence-corrected chi connectivity index (χ2v) is 12.2. The topological polar surface area (TPSA) is 70.5 Å². The van der Waals surface area contributed by atoms with E-state index in [0.29, 0.717) is 29.4 Å². The van der Waals surface area contributed by atoms with Crippen LogP contribution in [-0.2, 0) is 16.0 Å². The minimum atomic E-state index is -1.04. The number of thiazole rings is 1. The number of fused-ring (bicyclic) bond motifs is 1. The molecule has 3 aromatic carbocycles. The van der Waals surface area contributed by atoms with Crippen LogP contribution in [0.2, 0.25) is 10.0 Å². The predicted molar refractivity (Wildman–Crippen MR) is 153 cm³/mol. The van der Waals surface area contributed by atoms with Gasteiger partial charge in [0.15, 0.2) is 0 Å². The monoisotopic (exact) mass is 566 g/mol. The van der Waals surface area contributed by atoms with Gasteiger partial charge in [-0.05, 0) is 60.4 Å². The zero-order chi connectivity index (χ0) is 26.9. The maximum absolute atomic E-state index is 14.1. The number of carbonyl (C=O) groups is 2. The van der Waals surface area contributed by atoms with E-state index in [0.717, 1.165) is 32.8 Å². The summed E-state index contributed by atoms with van der Waals surface area (Å²) in [5.41, 5.74) is 1.89. The number of amides is 1. The van der Waals surface area contributed by atoms with E-state index in [1.54, 1.807) is 18.3 Å². The molecule has 0 saturated carbocycles. The summed E-state index contributed by atoms with van der Waals surface area (Å²) in [6.07, 6.45) is 1.61. The minimum Gasteiger partial charge on any atom is -0.481 e. The highest BCUT2D eigenvalue weighted by Gasteiger charge is 2.50. The molecule has 1 aromatic heterocycles. The highest BCUT2D eigenvalue weighted by molar-refractivity contribution is 7.18. The van der Waals surface area contributed by atoms with E-state index in [1.165, 1.54) is 0 Å². The summed E-state index contributed by atoms with van der Waals surface area (Å²) in [5, 5.41) is 12.0. The number of para-hydroxylation sites is 1. The van der Waals surface area contributed by atoms with Gasteiger partial charge >= 0.3 is 5.97 Å². The lowest BCUT2D eigenvalue weighted by Gasteiger charge is -2.49. The maximum Gasteiger partial charge on any atom is 0.304 e. The summed E-state index contributed by atoms with van der Waals surface area (Å²) in [6, 6.07) is 23.0. The molecule has 1 fully saturated rings. The lowest BCUT2D eigenvalue weighted by Crippen LogP contribution is -2.52. The van der Waals surface area contributed by atoms with Gasteiger partial charge in [-0.1, -0.05) is 66.5 Å². The second kappa shape index (κ2) is 11.0. The third-order valence-corrected chi connectivity index (χ3v) is 8.91. The summed E-state index contributed by atoms with van der Waals surface area (Å²) in [5.74, 6) is -1.26. The van der Waals surface area contributed by atoms with Crippen molar-refractivity contribution in [3.05, 3.63) is 99.0 Å². The van der Waals surface area contributed by atoms with Crippen LogP contribution >= 0.6 is 34.5 Å². The molecule has 0 spiro atoms. The molecule has 4 aromatic rings. The van der Waals surface area contributed by atoms with Gasteiger partial charge in [-0.25, -0.2) is 4.98 Å². The summed E-state index contributed by atoms with van der Waals surface area (Å²) >= 11 is 14.3. The molecule has 0 aliphatic carbocycles. The number of aryl methyl sites for hydroxylation is 1. The van der Waals surface area contributed by atoms with Crippen LogP contribution < -0.4 is 0 Å². The van der Waals surface area contributed by atoms with Gasteiger partial charge in [-0.2, -0.15) is 0 Å². The van der Waals surface area contributed by atoms with E-state index in [2.05, 4.69) is 6.07 Å². The SMILES string of the molecule is C[C@@]1(CC(=O)O)C[C@H](c2cccc(Cl)c2)[C@@H](c2ccc(Cl)cc2)N(CCCc2nc3ccccc3s2)C1=O. The van der Waals surface area contributed by atoms with Crippen LogP contribution in [0.4, 0.5) is 0 Å². The van der Waals surface area contributed by atoms with Crippen molar-refractivity contribution in [1.82, 2.24) is 9.88 Å². The Balaban J connectivity index is 1.51. The van der Waals surface area contributed by atoms with Crippen LogP contribution in [0.15, 0.2) is 72.8 Å². The van der Waals surface area contributed by atoms with E-state index in [9.17, 15) is 14.7 Å². The first-order valence-electron chi connectivity index (χ1n) is 12.6. The molecular formula is C30H28Cl2N2O3S. The molecule has 0 bridgehead atoms. The van der Waals surface area contributed by atoms with Gasteiger partial charge in [0, 0.05) is 28.9 Å². The number of nitrogens with zero attached hydrogens (tertiary/aromatic N) is 2. The van der Waals surface area contributed by atoms with E-state index < -0.39 is 11.4 Å². The first kappa shape index (κ1) is 26.7. The minimum absolute atomic E-state index is 0.137. The molecule has 1 aliphatic heterocycles. The normalized spacial score (nSPS) is 21.7. The first-order valence-corrected chi connectivity index (χ1v) is 14.2. The van der Waals surface area contributed by atoms with Gasteiger partial charge in [0.1, 0.15) is 0 Å². The lowest BCUT2D eigenvalue weighted by atomic mass is 9.67. The third kappa shape index (κ3) is 5.58. The maximum atomic E-state index is 14.1. The zero-order valence-corrected chi connectivity index (χ0v) is 23.3. The number of piperidine rings is 1. The molecule has 196 valence electrons. The van der Waals surface area contributed by atoms with Crippen molar-refractivity contribution in [2.45, 2.75) is 44.6 Å². The van der Waals surface area contributed by atoms with E-state index in [-0.39, 0.29) is 24.3 Å². The highest BCUT2D eigenvalue weighted by Crippen LogP contribution is 2.51. The van der Waals surface area contributed by atoms with Gasteiger partial charge in [-0.3, -0.25) is 9.59 Å². The number of aliphatic carboxylic acids is 1.